The Morgan fingerprint density at radius 3 is 2.31 bits per heavy atom. The molecular formula is C32H43N3O4. The Hall–Kier alpha value is -2.90. The molecule has 3 atom stereocenters. The zero-order chi connectivity index (χ0) is 27.5. The predicted octanol–water partition coefficient (Wildman–Crippen LogP) is 4.70. The number of piperazine rings is 1. The summed E-state index contributed by atoms with van der Waals surface area (Å²) in [5.41, 5.74) is 2.76. The van der Waals surface area contributed by atoms with E-state index in [0.29, 0.717) is 50.2 Å². The van der Waals surface area contributed by atoms with Crippen LogP contribution in [0.1, 0.15) is 74.0 Å². The van der Waals surface area contributed by atoms with Gasteiger partial charge in [-0.1, -0.05) is 24.3 Å². The van der Waals surface area contributed by atoms with Gasteiger partial charge in [-0.3, -0.25) is 19.4 Å². The molecule has 2 saturated heterocycles. The number of rotatable bonds is 8. The number of phenolic OH excluding ortho intramolecular Hbond substituents is 1. The number of likely N-dealkylation sites (tertiary alicyclic amines) is 1. The molecule has 7 nitrogen and oxygen atoms in total. The van der Waals surface area contributed by atoms with Crippen LogP contribution in [-0.2, 0) is 9.53 Å². The summed E-state index contributed by atoms with van der Waals surface area (Å²) in [6, 6.07) is 16.2. The maximum absolute atomic E-state index is 13.6. The van der Waals surface area contributed by atoms with Gasteiger partial charge in [-0.25, -0.2) is 0 Å². The Kier molecular flexibility index (Phi) is 8.57. The number of amides is 1. The quantitative estimate of drug-likeness (QED) is 0.496. The number of benzene rings is 2. The first-order chi connectivity index (χ1) is 18.8. The molecule has 0 radical (unpaired) electrons. The summed E-state index contributed by atoms with van der Waals surface area (Å²) in [5.74, 6) is 0.837. The lowest BCUT2D eigenvalue weighted by molar-refractivity contribution is -0.149. The van der Waals surface area contributed by atoms with Crippen molar-refractivity contribution in [1.82, 2.24) is 14.7 Å². The number of hydrogen-bond acceptors (Lipinski definition) is 6. The fraction of sp³-hybridized carbons (Fsp3) is 0.562. The van der Waals surface area contributed by atoms with Crippen molar-refractivity contribution in [3.8, 4) is 5.75 Å². The lowest BCUT2D eigenvalue weighted by Gasteiger charge is -2.48. The minimum absolute atomic E-state index is 0.00415. The Morgan fingerprint density at radius 2 is 1.64 bits per heavy atom. The van der Waals surface area contributed by atoms with Crippen LogP contribution in [-0.4, -0.2) is 83.1 Å². The number of carbonyl (C=O) groups is 2. The zero-order valence-electron chi connectivity index (χ0n) is 23.6. The molecule has 0 bridgehead atoms. The topological polar surface area (TPSA) is 73.3 Å². The van der Waals surface area contributed by atoms with E-state index in [-0.39, 0.29) is 29.6 Å². The van der Waals surface area contributed by atoms with E-state index in [1.165, 1.54) is 19.4 Å². The average Bonchev–Trinajstić information content (AvgIpc) is 3.76. The Morgan fingerprint density at radius 1 is 0.949 bits per heavy atom. The predicted molar refractivity (Wildman–Crippen MR) is 152 cm³/mol. The molecule has 7 heteroatoms. The van der Waals surface area contributed by atoms with Crippen LogP contribution in [0.2, 0.25) is 0 Å². The molecule has 2 aliphatic heterocycles. The van der Waals surface area contributed by atoms with Crippen LogP contribution < -0.4 is 0 Å². The summed E-state index contributed by atoms with van der Waals surface area (Å²) in [4.78, 5) is 32.7. The minimum Gasteiger partial charge on any atom is -0.508 e. The van der Waals surface area contributed by atoms with Gasteiger partial charge in [-0.2, -0.15) is 0 Å². The van der Waals surface area contributed by atoms with E-state index in [9.17, 15) is 14.7 Å². The van der Waals surface area contributed by atoms with Gasteiger partial charge < -0.3 is 14.7 Å². The van der Waals surface area contributed by atoms with E-state index in [0.717, 1.165) is 30.1 Å². The molecule has 1 unspecified atom stereocenters. The number of piperidine rings is 1. The molecule has 1 saturated carbocycles. The molecule has 2 aromatic carbocycles. The van der Waals surface area contributed by atoms with Gasteiger partial charge in [-0.05, 0) is 87.8 Å². The highest BCUT2D eigenvalue weighted by Crippen LogP contribution is 2.37. The van der Waals surface area contributed by atoms with Gasteiger partial charge in [0, 0.05) is 50.4 Å². The van der Waals surface area contributed by atoms with E-state index in [2.05, 4.69) is 35.8 Å². The molecular weight excluding hydrogens is 490 g/mol. The highest BCUT2D eigenvalue weighted by molar-refractivity contribution is 5.94. The maximum atomic E-state index is 13.6. The lowest BCUT2D eigenvalue weighted by Crippen LogP contribution is -2.57. The summed E-state index contributed by atoms with van der Waals surface area (Å²) >= 11 is 0. The van der Waals surface area contributed by atoms with Gasteiger partial charge in [0.15, 0.2) is 0 Å². The highest BCUT2D eigenvalue weighted by Gasteiger charge is 2.37. The fourth-order valence-corrected chi connectivity index (χ4v) is 6.34. The number of ether oxygens (including phenoxy) is 1. The van der Waals surface area contributed by atoms with Crippen molar-refractivity contribution >= 4 is 11.9 Å². The largest absolute Gasteiger partial charge is 0.508 e. The fourth-order valence-electron chi connectivity index (χ4n) is 6.34. The van der Waals surface area contributed by atoms with Gasteiger partial charge in [0.1, 0.15) is 5.75 Å². The summed E-state index contributed by atoms with van der Waals surface area (Å²) in [6.07, 6.45) is 3.98. The smallest absolute Gasteiger partial charge is 0.309 e. The Bertz CT molecular complexity index is 1160. The molecule has 210 valence electrons. The van der Waals surface area contributed by atoms with Crippen LogP contribution in [0, 0.1) is 11.8 Å². The van der Waals surface area contributed by atoms with Crippen LogP contribution >= 0.6 is 0 Å². The number of aromatic hydroxyl groups is 1. The van der Waals surface area contributed by atoms with Crippen molar-refractivity contribution in [1.29, 1.82) is 0 Å². The first-order valence-corrected chi connectivity index (χ1v) is 14.7. The maximum Gasteiger partial charge on any atom is 0.309 e. The highest BCUT2D eigenvalue weighted by atomic mass is 16.5. The SMILES string of the molecule is CCOC(=O)C1CCN(C(=O)c2cccc([C@@H](c3cccc(O)c3)N3CC(C)N(CC4CC4)C[C@H]3C)c2)CC1. The third kappa shape index (κ3) is 6.47. The standard InChI is InChI=1S/C32H43N3O4/c1-4-39-32(38)25-13-15-33(16-14-25)31(37)28-9-5-7-26(17-28)30(27-8-6-10-29(36)18-27)35-20-22(2)34(19-23(35)3)21-24-11-12-24/h5-10,17-18,22-25,30,36H,4,11-16,19-21H2,1-3H3/t22?,23-,30+/m1/s1. The van der Waals surface area contributed by atoms with Crippen molar-refractivity contribution in [3.63, 3.8) is 0 Å². The number of nitrogens with zero attached hydrogens (tertiary/aromatic N) is 3. The number of esters is 1. The lowest BCUT2D eigenvalue weighted by atomic mass is 9.92. The molecule has 1 aliphatic carbocycles. The third-order valence-corrected chi connectivity index (χ3v) is 8.72. The van der Waals surface area contributed by atoms with Crippen LogP contribution in [0.15, 0.2) is 48.5 Å². The monoisotopic (exact) mass is 533 g/mol. The van der Waals surface area contributed by atoms with Gasteiger partial charge in [-0.15, -0.1) is 0 Å². The third-order valence-electron chi connectivity index (χ3n) is 8.72. The number of carbonyl (C=O) groups excluding carboxylic acids is 2. The zero-order valence-corrected chi connectivity index (χ0v) is 23.6. The Balaban J connectivity index is 1.37. The number of hydrogen-bond donors (Lipinski definition) is 1. The van der Waals surface area contributed by atoms with E-state index in [4.69, 9.17) is 4.74 Å². The van der Waals surface area contributed by atoms with Gasteiger partial charge in [0.25, 0.3) is 5.91 Å². The Labute approximate surface area is 232 Å². The second-order valence-corrected chi connectivity index (χ2v) is 11.7. The molecule has 2 aromatic rings. The second-order valence-electron chi connectivity index (χ2n) is 11.7. The second kappa shape index (κ2) is 12.1. The van der Waals surface area contributed by atoms with E-state index >= 15 is 0 Å². The average molecular weight is 534 g/mol. The molecule has 0 aromatic heterocycles. The minimum atomic E-state index is -0.152. The van der Waals surface area contributed by atoms with Gasteiger partial charge in [0.2, 0.25) is 0 Å². The van der Waals surface area contributed by atoms with Crippen molar-refractivity contribution < 1.29 is 19.4 Å². The van der Waals surface area contributed by atoms with E-state index in [1.807, 2.05) is 42.2 Å². The van der Waals surface area contributed by atoms with Crippen LogP contribution in [0.25, 0.3) is 0 Å². The van der Waals surface area contributed by atoms with E-state index in [1.54, 1.807) is 6.07 Å². The van der Waals surface area contributed by atoms with Crippen LogP contribution in [0.4, 0.5) is 0 Å². The summed E-state index contributed by atoms with van der Waals surface area (Å²) in [5, 5.41) is 10.4. The molecule has 1 N–H and O–H groups in total. The first-order valence-electron chi connectivity index (χ1n) is 14.7. The van der Waals surface area contributed by atoms with Gasteiger partial charge >= 0.3 is 5.97 Å². The van der Waals surface area contributed by atoms with Gasteiger partial charge in [0.05, 0.1) is 18.6 Å². The van der Waals surface area contributed by atoms with Crippen molar-refractivity contribution in [3.05, 3.63) is 65.2 Å². The molecule has 1 amide bonds. The molecule has 39 heavy (non-hydrogen) atoms. The summed E-state index contributed by atoms with van der Waals surface area (Å²) in [7, 11) is 0. The van der Waals surface area contributed by atoms with Crippen LogP contribution in [0.5, 0.6) is 5.75 Å². The molecule has 0 spiro atoms. The van der Waals surface area contributed by atoms with E-state index < -0.39 is 0 Å². The first kappa shape index (κ1) is 27.7. The summed E-state index contributed by atoms with van der Waals surface area (Å²) < 4.78 is 5.19. The molecule has 3 aliphatic rings. The molecule has 3 fully saturated rings. The molecule has 2 heterocycles. The van der Waals surface area contributed by atoms with Crippen molar-refractivity contribution in [2.45, 2.75) is 64.6 Å². The van der Waals surface area contributed by atoms with Crippen LogP contribution in [0.3, 0.4) is 0 Å². The van der Waals surface area contributed by atoms with Crippen molar-refractivity contribution in [2.24, 2.45) is 11.8 Å². The normalized spacial score (nSPS) is 23.9. The number of phenols is 1. The van der Waals surface area contributed by atoms with Crippen molar-refractivity contribution in [2.75, 3.05) is 39.3 Å². The molecule has 5 rings (SSSR count). The summed E-state index contributed by atoms with van der Waals surface area (Å²) in [6.45, 7) is 11.1.